The molecule has 0 aromatic heterocycles. The highest BCUT2D eigenvalue weighted by Gasteiger charge is 2.49. The van der Waals surface area contributed by atoms with E-state index in [1.165, 1.54) is 4.90 Å². The number of imide groups is 1. The fourth-order valence-electron chi connectivity index (χ4n) is 2.92. The molecule has 0 saturated carbocycles. The van der Waals surface area contributed by atoms with Crippen molar-refractivity contribution in [1.29, 1.82) is 0 Å². The Morgan fingerprint density at radius 3 is 2.80 bits per heavy atom. The Morgan fingerprint density at radius 1 is 1.40 bits per heavy atom. The molecule has 2 rings (SSSR count). The van der Waals surface area contributed by atoms with Gasteiger partial charge in [-0.1, -0.05) is 13.3 Å². The van der Waals surface area contributed by atoms with E-state index in [0.29, 0.717) is 18.1 Å². The van der Waals surface area contributed by atoms with Crippen molar-refractivity contribution in [2.45, 2.75) is 63.3 Å². The predicted molar refractivity (Wildman–Crippen MR) is 78.6 cm³/mol. The molecule has 0 aromatic rings. The highest BCUT2D eigenvalue weighted by molar-refractivity contribution is 8.00. The van der Waals surface area contributed by atoms with E-state index in [0.717, 1.165) is 25.0 Å². The SMILES string of the molecule is CCC(=O)N1C(=O)NC2C(CCCCC(C)=O)SCC21. The van der Waals surface area contributed by atoms with Gasteiger partial charge in [0.2, 0.25) is 5.91 Å². The van der Waals surface area contributed by atoms with Crippen molar-refractivity contribution >= 4 is 29.5 Å². The normalized spacial score (nSPS) is 28.4. The van der Waals surface area contributed by atoms with E-state index in [9.17, 15) is 14.4 Å². The van der Waals surface area contributed by atoms with Gasteiger partial charge in [-0.05, 0) is 19.8 Å². The van der Waals surface area contributed by atoms with Crippen molar-refractivity contribution in [3.63, 3.8) is 0 Å². The minimum Gasteiger partial charge on any atom is -0.332 e. The van der Waals surface area contributed by atoms with E-state index >= 15 is 0 Å². The maximum absolute atomic E-state index is 11.9. The number of amides is 3. The Hall–Kier alpha value is -1.04. The summed E-state index contributed by atoms with van der Waals surface area (Å²) in [6, 6.07) is -0.140. The predicted octanol–water partition coefficient (Wildman–Crippen LogP) is 1.95. The molecule has 3 unspecified atom stereocenters. The monoisotopic (exact) mass is 298 g/mol. The van der Waals surface area contributed by atoms with Crippen LogP contribution >= 0.6 is 11.8 Å². The van der Waals surface area contributed by atoms with E-state index in [1.807, 2.05) is 11.8 Å². The van der Waals surface area contributed by atoms with Gasteiger partial charge in [-0.2, -0.15) is 11.8 Å². The summed E-state index contributed by atoms with van der Waals surface area (Å²) < 4.78 is 0. The molecule has 1 N–H and O–H groups in total. The van der Waals surface area contributed by atoms with Gasteiger partial charge in [0.15, 0.2) is 0 Å². The van der Waals surface area contributed by atoms with Crippen LogP contribution in [0.5, 0.6) is 0 Å². The molecule has 0 bridgehead atoms. The van der Waals surface area contributed by atoms with Crippen molar-refractivity contribution in [3.8, 4) is 0 Å². The summed E-state index contributed by atoms with van der Waals surface area (Å²) in [5.74, 6) is 0.968. The van der Waals surface area contributed by atoms with Gasteiger partial charge in [0.25, 0.3) is 0 Å². The van der Waals surface area contributed by atoms with Gasteiger partial charge in [0.1, 0.15) is 5.78 Å². The summed E-state index contributed by atoms with van der Waals surface area (Å²) >= 11 is 1.83. The first-order valence-corrected chi connectivity index (χ1v) is 8.33. The fraction of sp³-hybridized carbons (Fsp3) is 0.786. The Labute approximate surface area is 123 Å². The third kappa shape index (κ3) is 3.16. The van der Waals surface area contributed by atoms with E-state index in [-0.39, 0.29) is 29.8 Å². The lowest BCUT2D eigenvalue weighted by molar-refractivity contribution is -0.128. The van der Waals surface area contributed by atoms with Gasteiger partial charge in [0.05, 0.1) is 12.1 Å². The van der Waals surface area contributed by atoms with Crippen LogP contribution in [0, 0.1) is 0 Å². The molecule has 2 aliphatic rings. The van der Waals surface area contributed by atoms with Gasteiger partial charge in [0, 0.05) is 23.8 Å². The maximum atomic E-state index is 11.9. The summed E-state index contributed by atoms with van der Waals surface area (Å²) in [4.78, 5) is 36.0. The largest absolute Gasteiger partial charge is 0.332 e. The van der Waals surface area contributed by atoms with Crippen molar-refractivity contribution in [2.24, 2.45) is 0 Å². The van der Waals surface area contributed by atoms with Gasteiger partial charge in [-0.15, -0.1) is 0 Å². The number of carbonyl (C=O) groups is 3. The highest BCUT2D eigenvalue weighted by Crippen LogP contribution is 2.37. The molecule has 3 amide bonds. The molecule has 0 aliphatic carbocycles. The zero-order chi connectivity index (χ0) is 14.7. The summed E-state index contributed by atoms with van der Waals surface area (Å²) in [7, 11) is 0. The average Bonchev–Trinajstić information content (AvgIpc) is 2.92. The van der Waals surface area contributed by atoms with Gasteiger partial charge < -0.3 is 10.1 Å². The van der Waals surface area contributed by atoms with E-state index < -0.39 is 0 Å². The summed E-state index contributed by atoms with van der Waals surface area (Å²) in [5.41, 5.74) is 0. The Balaban J connectivity index is 1.86. The first kappa shape index (κ1) is 15.4. The number of rotatable bonds is 6. The van der Waals surface area contributed by atoms with Crippen LogP contribution in [0.2, 0.25) is 0 Å². The van der Waals surface area contributed by atoms with Crippen LogP contribution in [0.4, 0.5) is 4.79 Å². The van der Waals surface area contributed by atoms with E-state index in [4.69, 9.17) is 0 Å². The highest BCUT2D eigenvalue weighted by atomic mass is 32.2. The van der Waals surface area contributed by atoms with Crippen LogP contribution in [0.1, 0.15) is 46.0 Å². The lowest BCUT2D eigenvalue weighted by atomic mass is 10.0. The Kier molecular flexibility index (Phi) is 5.07. The number of Topliss-reactive ketones (excluding diaryl/α,β-unsaturated/α-hetero) is 1. The molecule has 6 heteroatoms. The molecule has 2 heterocycles. The molecule has 2 fully saturated rings. The van der Waals surface area contributed by atoms with Gasteiger partial charge in [-0.3, -0.25) is 9.69 Å². The van der Waals surface area contributed by atoms with Crippen molar-refractivity contribution in [1.82, 2.24) is 10.2 Å². The van der Waals surface area contributed by atoms with Crippen LogP contribution in [-0.2, 0) is 9.59 Å². The molecule has 2 aliphatic heterocycles. The first-order chi connectivity index (χ1) is 9.54. The molecule has 20 heavy (non-hydrogen) atoms. The molecule has 2 saturated heterocycles. The number of thioether (sulfide) groups is 1. The molecular formula is C14H22N2O3S. The molecule has 112 valence electrons. The van der Waals surface area contributed by atoms with Gasteiger partial charge >= 0.3 is 6.03 Å². The van der Waals surface area contributed by atoms with Crippen LogP contribution in [-0.4, -0.2) is 45.7 Å². The zero-order valence-electron chi connectivity index (χ0n) is 12.1. The summed E-state index contributed by atoms with van der Waals surface area (Å²) in [5, 5.41) is 3.33. The van der Waals surface area contributed by atoms with Crippen LogP contribution in [0.25, 0.3) is 0 Å². The second kappa shape index (κ2) is 6.61. The molecule has 0 spiro atoms. The third-order valence-corrected chi connectivity index (χ3v) is 5.47. The number of hydrogen-bond donors (Lipinski definition) is 1. The van der Waals surface area contributed by atoms with Crippen molar-refractivity contribution in [2.75, 3.05) is 5.75 Å². The van der Waals surface area contributed by atoms with Crippen LogP contribution < -0.4 is 5.32 Å². The second-order valence-corrected chi connectivity index (χ2v) is 6.75. The number of fused-ring (bicyclic) bond motifs is 1. The van der Waals surface area contributed by atoms with E-state index in [1.54, 1.807) is 13.8 Å². The average molecular weight is 298 g/mol. The number of ketones is 1. The fourth-order valence-corrected chi connectivity index (χ4v) is 4.51. The quantitative estimate of drug-likeness (QED) is 0.601. The smallest absolute Gasteiger partial charge is 0.324 e. The molecule has 3 atom stereocenters. The lowest BCUT2D eigenvalue weighted by Gasteiger charge is -2.19. The number of unbranched alkanes of at least 4 members (excludes halogenated alkanes) is 1. The second-order valence-electron chi connectivity index (χ2n) is 5.48. The van der Waals surface area contributed by atoms with Crippen LogP contribution in [0.15, 0.2) is 0 Å². The molecule has 0 aromatic carbocycles. The Morgan fingerprint density at radius 2 is 2.15 bits per heavy atom. The number of carbonyl (C=O) groups excluding carboxylic acids is 3. The molecule has 5 nitrogen and oxygen atoms in total. The minimum absolute atomic E-state index is 0.0118. The minimum atomic E-state index is -0.235. The standard InChI is InChI=1S/C14H22N2O3S/c1-3-12(18)16-10-8-20-11(13(10)15-14(16)19)7-5-4-6-9(2)17/h10-11,13H,3-8H2,1-2H3,(H,15,19). The van der Waals surface area contributed by atoms with Crippen molar-refractivity contribution < 1.29 is 14.4 Å². The number of urea groups is 1. The van der Waals surface area contributed by atoms with Crippen molar-refractivity contribution in [3.05, 3.63) is 0 Å². The zero-order valence-corrected chi connectivity index (χ0v) is 12.9. The number of hydrogen-bond acceptors (Lipinski definition) is 4. The summed E-state index contributed by atoms with van der Waals surface area (Å²) in [6.07, 6.45) is 3.91. The number of nitrogens with zero attached hydrogens (tertiary/aromatic N) is 1. The van der Waals surface area contributed by atoms with Gasteiger partial charge in [-0.25, -0.2) is 4.79 Å². The molecule has 0 radical (unpaired) electrons. The molecular weight excluding hydrogens is 276 g/mol. The Bertz CT molecular complexity index is 413. The van der Waals surface area contributed by atoms with E-state index in [2.05, 4.69) is 5.32 Å². The number of nitrogens with one attached hydrogen (secondary N) is 1. The van der Waals surface area contributed by atoms with Crippen LogP contribution in [0.3, 0.4) is 0 Å². The lowest BCUT2D eigenvalue weighted by Crippen LogP contribution is -2.41. The third-order valence-electron chi connectivity index (χ3n) is 3.98. The maximum Gasteiger partial charge on any atom is 0.324 e. The first-order valence-electron chi connectivity index (χ1n) is 7.28. The topological polar surface area (TPSA) is 66.5 Å². The summed E-state index contributed by atoms with van der Waals surface area (Å²) in [6.45, 7) is 3.40.